The molecule has 1 atom stereocenters. The van der Waals surface area contributed by atoms with Crippen LogP contribution in [0.15, 0.2) is 25.0 Å². The Labute approximate surface area is 111 Å². The molecule has 7 heteroatoms. The van der Waals surface area contributed by atoms with Crippen LogP contribution in [0.3, 0.4) is 0 Å². The molecule has 0 spiro atoms. The lowest BCUT2D eigenvalue weighted by Crippen LogP contribution is -2.26. The minimum absolute atomic E-state index is 0.0208. The summed E-state index contributed by atoms with van der Waals surface area (Å²) >= 11 is 0. The van der Waals surface area contributed by atoms with E-state index in [1.807, 2.05) is 20.2 Å². The van der Waals surface area contributed by atoms with Crippen molar-refractivity contribution in [2.75, 3.05) is 0 Å². The molecule has 0 aliphatic carbocycles. The third-order valence-electron chi connectivity index (χ3n) is 2.86. The fraction of sp³-hybridized carbons (Fsp3) is 0.500. The fourth-order valence-corrected chi connectivity index (χ4v) is 1.81. The van der Waals surface area contributed by atoms with Gasteiger partial charge in [0.15, 0.2) is 0 Å². The third kappa shape index (κ3) is 3.90. The van der Waals surface area contributed by atoms with E-state index in [-0.39, 0.29) is 11.9 Å². The molecule has 2 heterocycles. The molecular formula is C12H18N6O. The van der Waals surface area contributed by atoms with Crippen molar-refractivity contribution in [2.45, 2.75) is 32.4 Å². The van der Waals surface area contributed by atoms with Gasteiger partial charge < -0.3 is 5.32 Å². The molecular weight excluding hydrogens is 244 g/mol. The van der Waals surface area contributed by atoms with E-state index < -0.39 is 0 Å². The average molecular weight is 262 g/mol. The summed E-state index contributed by atoms with van der Waals surface area (Å²) in [5.41, 5.74) is 1.01. The van der Waals surface area contributed by atoms with Crippen LogP contribution in [0.4, 0.5) is 0 Å². The number of nitrogens with one attached hydrogen (secondary N) is 1. The van der Waals surface area contributed by atoms with Crippen LogP contribution < -0.4 is 5.32 Å². The number of amides is 1. The smallest absolute Gasteiger partial charge is 0.220 e. The van der Waals surface area contributed by atoms with Gasteiger partial charge in [0.05, 0.1) is 12.2 Å². The van der Waals surface area contributed by atoms with Crippen LogP contribution in [0.2, 0.25) is 0 Å². The van der Waals surface area contributed by atoms with E-state index in [0.717, 1.165) is 12.0 Å². The maximum Gasteiger partial charge on any atom is 0.220 e. The maximum absolute atomic E-state index is 11.8. The Morgan fingerprint density at radius 2 is 2.32 bits per heavy atom. The van der Waals surface area contributed by atoms with Crippen LogP contribution in [0.5, 0.6) is 0 Å². The van der Waals surface area contributed by atoms with Gasteiger partial charge in [-0.3, -0.25) is 14.2 Å². The van der Waals surface area contributed by atoms with E-state index in [1.165, 1.54) is 6.33 Å². The highest BCUT2D eigenvalue weighted by Gasteiger charge is 2.10. The molecule has 0 aliphatic rings. The van der Waals surface area contributed by atoms with Crippen LogP contribution in [-0.4, -0.2) is 30.5 Å². The SMILES string of the molecule is CC(NC(=O)CCCn1cncn1)c1cnn(C)c1. The highest BCUT2D eigenvalue weighted by molar-refractivity contribution is 5.76. The zero-order valence-corrected chi connectivity index (χ0v) is 11.2. The number of aromatic nitrogens is 5. The normalized spacial score (nSPS) is 12.3. The maximum atomic E-state index is 11.8. The standard InChI is InChI=1S/C12H18N6O/c1-10(11-6-14-17(2)7-11)16-12(19)4-3-5-18-9-13-8-15-18/h6-10H,3-5H2,1-2H3,(H,16,19). The monoisotopic (exact) mass is 262 g/mol. The third-order valence-corrected chi connectivity index (χ3v) is 2.86. The second kappa shape index (κ2) is 6.12. The van der Waals surface area contributed by atoms with Crippen molar-refractivity contribution >= 4 is 5.91 Å². The molecule has 0 saturated carbocycles. The summed E-state index contributed by atoms with van der Waals surface area (Å²) in [5.74, 6) is 0.0384. The fourth-order valence-electron chi connectivity index (χ4n) is 1.81. The summed E-state index contributed by atoms with van der Waals surface area (Å²) in [4.78, 5) is 15.6. The Kier molecular flexibility index (Phi) is 4.27. The topological polar surface area (TPSA) is 77.6 Å². The number of nitrogens with zero attached hydrogens (tertiary/aromatic N) is 5. The van der Waals surface area contributed by atoms with Crippen molar-refractivity contribution in [3.8, 4) is 0 Å². The number of hydrogen-bond acceptors (Lipinski definition) is 4. The quantitative estimate of drug-likeness (QED) is 0.830. The highest BCUT2D eigenvalue weighted by Crippen LogP contribution is 2.10. The van der Waals surface area contributed by atoms with Gasteiger partial charge in [0.2, 0.25) is 5.91 Å². The van der Waals surface area contributed by atoms with E-state index in [4.69, 9.17) is 0 Å². The first-order valence-electron chi connectivity index (χ1n) is 6.25. The molecule has 1 unspecified atom stereocenters. The summed E-state index contributed by atoms with van der Waals surface area (Å²) in [7, 11) is 1.86. The largest absolute Gasteiger partial charge is 0.349 e. The minimum Gasteiger partial charge on any atom is -0.349 e. The lowest BCUT2D eigenvalue weighted by molar-refractivity contribution is -0.121. The van der Waals surface area contributed by atoms with Crippen LogP contribution in [0, 0.1) is 0 Å². The Morgan fingerprint density at radius 3 is 2.95 bits per heavy atom. The van der Waals surface area contributed by atoms with Gasteiger partial charge in [0.1, 0.15) is 12.7 Å². The van der Waals surface area contributed by atoms with Crippen molar-refractivity contribution in [1.82, 2.24) is 29.9 Å². The molecule has 0 aromatic carbocycles. The summed E-state index contributed by atoms with van der Waals surface area (Å²) < 4.78 is 3.44. The molecule has 1 amide bonds. The van der Waals surface area contributed by atoms with Gasteiger partial charge in [-0.05, 0) is 13.3 Å². The predicted molar refractivity (Wildman–Crippen MR) is 69.0 cm³/mol. The van der Waals surface area contributed by atoms with Crippen molar-refractivity contribution in [1.29, 1.82) is 0 Å². The lowest BCUT2D eigenvalue weighted by Gasteiger charge is -2.11. The molecule has 2 aromatic heterocycles. The number of carbonyl (C=O) groups excluding carboxylic acids is 1. The van der Waals surface area contributed by atoms with Gasteiger partial charge in [-0.2, -0.15) is 10.2 Å². The first-order valence-corrected chi connectivity index (χ1v) is 6.25. The Bertz CT molecular complexity index is 518. The van der Waals surface area contributed by atoms with Gasteiger partial charge >= 0.3 is 0 Å². The molecule has 19 heavy (non-hydrogen) atoms. The van der Waals surface area contributed by atoms with E-state index in [9.17, 15) is 4.79 Å². The van der Waals surface area contributed by atoms with Crippen molar-refractivity contribution in [3.63, 3.8) is 0 Å². The molecule has 0 aliphatic heterocycles. The second-order valence-electron chi connectivity index (χ2n) is 4.50. The minimum atomic E-state index is -0.0208. The number of aryl methyl sites for hydroxylation is 2. The molecule has 0 radical (unpaired) electrons. The van der Waals surface area contributed by atoms with E-state index in [2.05, 4.69) is 20.5 Å². The molecule has 0 fully saturated rings. The zero-order chi connectivity index (χ0) is 13.7. The van der Waals surface area contributed by atoms with Gasteiger partial charge in [-0.1, -0.05) is 0 Å². The van der Waals surface area contributed by atoms with E-state index in [1.54, 1.807) is 21.9 Å². The van der Waals surface area contributed by atoms with E-state index >= 15 is 0 Å². The predicted octanol–water partition coefficient (Wildman–Crippen LogP) is 0.669. The molecule has 0 saturated heterocycles. The van der Waals surface area contributed by atoms with Gasteiger partial charge in [0, 0.05) is 31.8 Å². The number of rotatable bonds is 6. The first-order chi connectivity index (χ1) is 9.15. The average Bonchev–Trinajstić information content (AvgIpc) is 3.00. The lowest BCUT2D eigenvalue weighted by atomic mass is 10.2. The van der Waals surface area contributed by atoms with Crippen LogP contribution in [0.25, 0.3) is 0 Å². The Balaban J connectivity index is 1.72. The zero-order valence-electron chi connectivity index (χ0n) is 11.2. The first kappa shape index (κ1) is 13.3. The van der Waals surface area contributed by atoms with Gasteiger partial charge in [0.25, 0.3) is 0 Å². The Morgan fingerprint density at radius 1 is 1.47 bits per heavy atom. The van der Waals surface area contributed by atoms with Crippen LogP contribution in [-0.2, 0) is 18.4 Å². The van der Waals surface area contributed by atoms with E-state index in [0.29, 0.717) is 13.0 Å². The van der Waals surface area contributed by atoms with Crippen LogP contribution >= 0.6 is 0 Å². The molecule has 2 rings (SSSR count). The summed E-state index contributed by atoms with van der Waals surface area (Å²) in [6.07, 6.45) is 8.03. The molecule has 0 bridgehead atoms. The number of carbonyl (C=O) groups is 1. The summed E-state index contributed by atoms with van der Waals surface area (Å²) in [6, 6.07) is -0.0208. The molecule has 7 nitrogen and oxygen atoms in total. The molecule has 2 aromatic rings. The summed E-state index contributed by atoms with van der Waals surface area (Å²) in [6.45, 7) is 2.65. The van der Waals surface area contributed by atoms with Crippen molar-refractivity contribution in [3.05, 3.63) is 30.6 Å². The van der Waals surface area contributed by atoms with Crippen LogP contribution in [0.1, 0.15) is 31.4 Å². The number of hydrogen-bond donors (Lipinski definition) is 1. The Hall–Kier alpha value is -2.18. The molecule has 102 valence electrons. The van der Waals surface area contributed by atoms with Crippen molar-refractivity contribution < 1.29 is 4.79 Å². The van der Waals surface area contributed by atoms with Gasteiger partial charge in [-0.15, -0.1) is 0 Å². The highest BCUT2D eigenvalue weighted by atomic mass is 16.1. The molecule has 1 N–H and O–H groups in total. The van der Waals surface area contributed by atoms with Gasteiger partial charge in [-0.25, -0.2) is 4.98 Å². The second-order valence-corrected chi connectivity index (χ2v) is 4.50. The van der Waals surface area contributed by atoms with Crippen molar-refractivity contribution in [2.24, 2.45) is 7.05 Å². The summed E-state index contributed by atoms with van der Waals surface area (Å²) in [5, 5.41) is 11.0.